The fourth-order valence-electron chi connectivity index (χ4n) is 2.76. The minimum absolute atomic E-state index is 0.0339. The molecule has 25 heavy (non-hydrogen) atoms. The van der Waals surface area contributed by atoms with E-state index in [1.54, 1.807) is 11.3 Å². The van der Waals surface area contributed by atoms with E-state index in [0.29, 0.717) is 5.95 Å². The van der Waals surface area contributed by atoms with E-state index in [9.17, 15) is 0 Å². The van der Waals surface area contributed by atoms with Gasteiger partial charge < -0.3 is 10.6 Å². The molecule has 6 heteroatoms. The molecule has 0 aliphatic rings. The molecule has 0 amide bonds. The van der Waals surface area contributed by atoms with Crippen molar-refractivity contribution in [3.05, 3.63) is 63.4 Å². The second-order valence-corrected chi connectivity index (χ2v) is 7.18. The van der Waals surface area contributed by atoms with Crippen LogP contribution in [0, 0.1) is 20.8 Å². The van der Waals surface area contributed by atoms with Gasteiger partial charge in [-0.15, -0.1) is 11.3 Å². The Balaban J connectivity index is 1.86. The van der Waals surface area contributed by atoms with Crippen molar-refractivity contribution >= 4 is 23.0 Å². The molecule has 3 rings (SSSR count). The molecule has 0 bridgehead atoms. The van der Waals surface area contributed by atoms with E-state index >= 15 is 0 Å². The molecule has 1 atom stereocenters. The summed E-state index contributed by atoms with van der Waals surface area (Å²) in [7, 11) is 1.93. The van der Waals surface area contributed by atoms with Gasteiger partial charge in [-0.1, -0.05) is 12.1 Å². The van der Waals surface area contributed by atoms with Crippen LogP contribution in [0.1, 0.15) is 33.7 Å². The minimum atomic E-state index is 0.0339. The molecule has 0 saturated heterocycles. The number of hydrogen-bond acceptors (Lipinski definition) is 6. The molecule has 0 fully saturated rings. The molecule has 0 spiro atoms. The highest BCUT2D eigenvalue weighted by atomic mass is 32.1. The van der Waals surface area contributed by atoms with Crippen molar-refractivity contribution in [2.45, 2.75) is 33.2 Å². The molecule has 5 nitrogen and oxygen atoms in total. The Labute approximate surface area is 152 Å². The van der Waals surface area contributed by atoms with Crippen LogP contribution in [0.2, 0.25) is 0 Å². The standard InChI is InChI=1S/C19H23N5S/c1-12-9-13(2)22-19(21-12)24-17(18-11-25-14(3)23-18)10-15-5-7-16(20-4)8-6-15/h5-9,11,17,20H,10H2,1-4H3,(H,21,22,24)/t17-/m0/s1. The number of aryl methyl sites for hydroxylation is 3. The molecule has 130 valence electrons. The molecule has 0 aliphatic heterocycles. The number of hydrogen-bond donors (Lipinski definition) is 2. The lowest BCUT2D eigenvalue weighted by Crippen LogP contribution is -2.16. The van der Waals surface area contributed by atoms with Crippen LogP contribution >= 0.6 is 11.3 Å². The molecular formula is C19H23N5S. The van der Waals surface area contributed by atoms with E-state index < -0.39 is 0 Å². The van der Waals surface area contributed by atoms with Crippen molar-refractivity contribution in [2.24, 2.45) is 0 Å². The van der Waals surface area contributed by atoms with Gasteiger partial charge in [0.1, 0.15) is 0 Å². The van der Waals surface area contributed by atoms with Crippen LogP contribution in [0.15, 0.2) is 35.7 Å². The van der Waals surface area contributed by atoms with Crippen molar-refractivity contribution < 1.29 is 0 Å². The van der Waals surface area contributed by atoms with Crippen LogP contribution in [-0.2, 0) is 6.42 Å². The third kappa shape index (κ3) is 4.54. The number of rotatable bonds is 6. The molecule has 0 saturated carbocycles. The van der Waals surface area contributed by atoms with Gasteiger partial charge in [-0.25, -0.2) is 15.0 Å². The van der Waals surface area contributed by atoms with Crippen LogP contribution < -0.4 is 10.6 Å². The first-order valence-electron chi connectivity index (χ1n) is 8.31. The zero-order chi connectivity index (χ0) is 17.8. The van der Waals surface area contributed by atoms with Crippen LogP contribution in [0.5, 0.6) is 0 Å². The summed E-state index contributed by atoms with van der Waals surface area (Å²) < 4.78 is 0. The molecular weight excluding hydrogens is 330 g/mol. The highest BCUT2D eigenvalue weighted by molar-refractivity contribution is 7.09. The highest BCUT2D eigenvalue weighted by Gasteiger charge is 2.17. The first-order valence-corrected chi connectivity index (χ1v) is 9.19. The average molecular weight is 353 g/mol. The Bertz CT molecular complexity index is 821. The first kappa shape index (κ1) is 17.4. The summed E-state index contributed by atoms with van der Waals surface area (Å²) in [6.45, 7) is 6.00. The average Bonchev–Trinajstić information content (AvgIpc) is 3.00. The lowest BCUT2D eigenvalue weighted by Gasteiger charge is -2.18. The van der Waals surface area contributed by atoms with Crippen molar-refractivity contribution in [1.82, 2.24) is 15.0 Å². The number of anilines is 2. The second kappa shape index (κ2) is 7.61. The zero-order valence-electron chi connectivity index (χ0n) is 15.0. The Morgan fingerprint density at radius 1 is 1.00 bits per heavy atom. The Hall–Kier alpha value is -2.47. The Morgan fingerprint density at radius 2 is 1.68 bits per heavy atom. The Kier molecular flexibility index (Phi) is 5.28. The Morgan fingerprint density at radius 3 is 2.24 bits per heavy atom. The third-order valence-corrected chi connectivity index (χ3v) is 4.75. The van der Waals surface area contributed by atoms with Gasteiger partial charge in [0.25, 0.3) is 0 Å². The lowest BCUT2D eigenvalue weighted by molar-refractivity contribution is 0.737. The number of nitrogens with one attached hydrogen (secondary N) is 2. The van der Waals surface area contributed by atoms with Gasteiger partial charge in [0, 0.05) is 29.5 Å². The smallest absolute Gasteiger partial charge is 0.223 e. The van der Waals surface area contributed by atoms with Gasteiger partial charge in [-0.3, -0.25) is 0 Å². The third-order valence-electron chi connectivity index (χ3n) is 3.96. The van der Waals surface area contributed by atoms with Crippen molar-refractivity contribution in [3.8, 4) is 0 Å². The maximum Gasteiger partial charge on any atom is 0.223 e. The summed E-state index contributed by atoms with van der Waals surface area (Å²) in [6, 6.07) is 10.5. The quantitative estimate of drug-likeness (QED) is 0.692. The summed E-state index contributed by atoms with van der Waals surface area (Å²) in [6.07, 6.45) is 0.823. The minimum Gasteiger partial charge on any atom is -0.388 e. The maximum atomic E-state index is 4.67. The van der Waals surface area contributed by atoms with Gasteiger partial charge in [-0.05, 0) is 51.0 Å². The van der Waals surface area contributed by atoms with Crippen molar-refractivity contribution in [1.29, 1.82) is 0 Å². The van der Waals surface area contributed by atoms with E-state index in [-0.39, 0.29) is 6.04 Å². The zero-order valence-corrected chi connectivity index (χ0v) is 15.8. The number of aromatic nitrogens is 3. The van der Waals surface area contributed by atoms with E-state index in [1.807, 2.05) is 33.9 Å². The van der Waals surface area contributed by atoms with Gasteiger partial charge >= 0.3 is 0 Å². The predicted octanol–water partition coefficient (Wildman–Crippen LogP) is 4.30. The highest BCUT2D eigenvalue weighted by Crippen LogP contribution is 2.24. The molecule has 0 aliphatic carbocycles. The van der Waals surface area contributed by atoms with Gasteiger partial charge in [-0.2, -0.15) is 0 Å². The summed E-state index contributed by atoms with van der Waals surface area (Å²) in [4.78, 5) is 13.7. The maximum absolute atomic E-state index is 4.67. The molecule has 2 N–H and O–H groups in total. The largest absolute Gasteiger partial charge is 0.388 e. The monoisotopic (exact) mass is 353 g/mol. The van der Waals surface area contributed by atoms with E-state index in [4.69, 9.17) is 0 Å². The van der Waals surface area contributed by atoms with Crippen LogP contribution in [0.25, 0.3) is 0 Å². The second-order valence-electron chi connectivity index (χ2n) is 6.11. The van der Waals surface area contributed by atoms with Crippen molar-refractivity contribution in [3.63, 3.8) is 0 Å². The van der Waals surface area contributed by atoms with Gasteiger partial charge in [0.05, 0.1) is 16.7 Å². The summed E-state index contributed by atoms with van der Waals surface area (Å²) >= 11 is 1.66. The molecule has 0 unspecified atom stereocenters. The fraction of sp³-hybridized carbons (Fsp3) is 0.316. The topological polar surface area (TPSA) is 62.7 Å². The molecule has 3 aromatic rings. The van der Waals surface area contributed by atoms with Gasteiger partial charge in [0.2, 0.25) is 5.95 Å². The lowest BCUT2D eigenvalue weighted by atomic mass is 10.0. The number of thiazole rings is 1. The van der Waals surface area contributed by atoms with Crippen molar-refractivity contribution in [2.75, 3.05) is 17.7 Å². The first-order chi connectivity index (χ1) is 12.0. The van der Waals surface area contributed by atoms with Gasteiger partial charge in [0.15, 0.2) is 0 Å². The molecule has 0 radical (unpaired) electrons. The van der Waals surface area contributed by atoms with E-state index in [0.717, 1.165) is 34.2 Å². The predicted molar refractivity (Wildman–Crippen MR) is 104 cm³/mol. The normalized spacial score (nSPS) is 12.0. The molecule has 2 heterocycles. The van der Waals surface area contributed by atoms with E-state index in [1.165, 1.54) is 5.56 Å². The number of nitrogens with zero attached hydrogens (tertiary/aromatic N) is 3. The molecule has 2 aromatic heterocycles. The number of benzene rings is 1. The van der Waals surface area contributed by atoms with Crippen LogP contribution in [-0.4, -0.2) is 22.0 Å². The SMILES string of the molecule is CNc1ccc(C[C@H](Nc2nc(C)cc(C)n2)c2csc(C)n2)cc1. The van der Waals surface area contributed by atoms with Crippen LogP contribution in [0.4, 0.5) is 11.6 Å². The van der Waals surface area contributed by atoms with E-state index in [2.05, 4.69) is 55.2 Å². The summed E-state index contributed by atoms with van der Waals surface area (Å²) in [5, 5.41) is 9.79. The molecule has 1 aromatic carbocycles. The summed E-state index contributed by atoms with van der Waals surface area (Å²) in [5.74, 6) is 0.653. The van der Waals surface area contributed by atoms with Crippen LogP contribution in [0.3, 0.4) is 0 Å². The fourth-order valence-corrected chi connectivity index (χ4v) is 3.43. The summed E-state index contributed by atoms with van der Waals surface area (Å²) in [5.41, 5.74) is 5.30.